The Morgan fingerprint density at radius 1 is 1.23 bits per heavy atom. The molecule has 8 nitrogen and oxygen atoms in total. The molecule has 0 atom stereocenters. The first-order valence-electron chi connectivity index (χ1n) is 8.99. The summed E-state index contributed by atoms with van der Waals surface area (Å²) >= 11 is 2.98. The normalized spacial score (nSPS) is 13.8. The Morgan fingerprint density at radius 2 is 1.93 bits per heavy atom. The molecule has 0 radical (unpaired) electrons. The highest BCUT2D eigenvalue weighted by molar-refractivity contribution is 9.10. The lowest BCUT2D eigenvalue weighted by atomic mass is 10.0. The average Bonchev–Trinajstić information content (AvgIpc) is 3.51. The second kappa shape index (κ2) is 8.78. The molecule has 2 aromatic rings. The molecule has 0 aromatic heterocycles. The third kappa shape index (κ3) is 4.85. The van der Waals surface area contributed by atoms with Crippen LogP contribution in [0.15, 0.2) is 33.6 Å². The van der Waals surface area contributed by atoms with Gasteiger partial charge in [0.1, 0.15) is 4.90 Å². The van der Waals surface area contributed by atoms with E-state index in [1.54, 1.807) is 0 Å². The summed E-state index contributed by atoms with van der Waals surface area (Å²) in [7, 11) is -3.00. The van der Waals surface area contributed by atoms with Gasteiger partial charge in [-0.05, 0) is 48.6 Å². The SMILES string of the molecule is COCCNC(=O)c1cc(C2CC2)cc(NS(=O)(=O)c2cc(Br)cc(F)c2O)c1O. The number of hydrogen-bond acceptors (Lipinski definition) is 6. The van der Waals surface area contributed by atoms with Gasteiger partial charge in [-0.1, -0.05) is 15.9 Å². The quantitative estimate of drug-likeness (QED) is 0.324. The van der Waals surface area contributed by atoms with Gasteiger partial charge >= 0.3 is 0 Å². The number of phenols is 2. The van der Waals surface area contributed by atoms with Crippen molar-refractivity contribution < 1.29 is 32.6 Å². The van der Waals surface area contributed by atoms with Crippen molar-refractivity contribution in [3.63, 3.8) is 0 Å². The van der Waals surface area contributed by atoms with Crippen LogP contribution in [0, 0.1) is 5.82 Å². The Balaban J connectivity index is 2.00. The Hall–Kier alpha value is -2.37. The maximum absolute atomic E-state index is 13.8. The first-order chi connectivity index (χ1) is 14.1. The van der Waals surface area contributed by atoms with Crippen LogP contribution < -0.4 is 10.0 Å². The third-order valence-corrected chi connectivity index (χ3v) is 6.38. The van der Waals surface area contributed by atoms with Crippen molar-refractivity contribution in [3.05, 3.63) is 45.7 Å². The van der Waals surface area contributed by atoms with Gasteiger partial charge in [-0.15, -0.1) is 0 Å². The van der Waals surface area contributed by atoms with Crippen molar-refractivity contribution in [2.75, 3.05) is 25.0 Å². The molecule has 1 aliphatic rings. The Morgan fingerprint density at radius 3 is 2.57 bits per heavy atom. The highest BCUT2D eigenvalue weighted by Crippen LogP contribution is 2.44. The van der Waals surface area contributed by atoms with E-state index in [0.29, 0.717) is 5.56 Å². The predicted molar refractivity (Wildman–Crippen MR) is 111 cm³/mol. The standard InChI is InChI=1S/C19H20BrFN2O6S/c1-29-5-4-22-19(26)13-6-11(10-2-3-10)7-15(17(13)24)23-30(27,28)16-9-12(20)8-14(21)18(16)25/h6-10,23-25H,2-5H2,1H3,(H,22,26). The zero-order valence-electron chi connectivity index (χ0n) is 15.9. The number of methoxy groups -OCH3 is 1. The van der Waals surface area contributed by atoms with Gasteiger partial charge in [0.05, 0.1) is 17.9 Å². The number of phenolic OH excluding ortho intramolecular Hbond substituents is 2. The average molecular weight is 503 g/mol. The van der Waals surface area contributed by atoms with E-state index in [2.05, 4.69) is 26.0 Å². The van der Waals surface area contributed by atoms with Gasteiger partial charge in [0.2, 0.25) is 0 Å². The summed E-state index contributed by atoms with van der Waals surface area (Å²) in [6.07, 6.45) is 1.75. The van der Waals surface area contributed by atoms with Gasteiger partial charge in [0.15, 0.2) is 17.3 Å². The molecule has 0 bridgehead atoms. The summed E-state index contributed by atoms with van der Waals surface area (Å²) < 4.78 is 46.5. The van der Waals surface area contributed by atoms with E-state index in [1.807, 2.05) is 0 Å². The molecule has 4 N–H and O–H groups in total. The number of aromatic hydroxyl groups is 2. The molecule has 1 fully saturated rings. The van der Waals surface area contributed by atoms with Crippen LogP contribution in [0.1, 0.15) is 34.7 Å². The third-order valence-electron chi connectivity index (χ3n) is 4.54. The Bertz CT molecular complexity index is 1090. The number of carbonyl (C=O) groups is 1. The van der Waals surface area contributed by atoms with Gasteiger partial charge < -0.3 is 20.3 Å². The number of hydrogen-bond donors (Lipinski definition) is 4. The van der Waals surface area contributed by atoms with E-state index in [9.17, 15) is 27.8 Å². The summed E-state index contributed by atoms with van der Waals surface area (Å²) in [5.74, 6) is -3.20. The highest BCUT2D eigenvalue weighted by atomic mass is 79.9. The van der Waals surface area contributed by atoms with Crippen molar-refractivity contribution in [2.24, 2.45) is 0 Å². The Kier molecular flexibility index (Phi) is 6.53. The molecule has 2 aromatic carbocycles. The van der Waals surface area contributed by atoms with Gasteiger partial charge in [-0.3, -0.25) is 9.52 Å². The van der Waals surface area contributed by atoms with Gasteiger partial charge in [-0.25, -0.2) is 12.8 Å². The minimum atomic E-state index is -4.48. The number of halogens is 2. The largest absolute Gasteiger partial charge is 0.505 e. The van der Waals surface area contributed by atoms with Gasteiger partial charge in [0.25, 0.3) is 15.9 Å². The summed E-state index contributed by atoms with van der Waals surface area (Å²) in [6, 6.07) is 4.90. The molecular formula is C19H20BrFN2O6S. The molecular weight excluding hydrogens is 483 g/mol. The lowest BCUT2D eigenvalue weighted by Gasteiger charge is -2.16. The van der Waals surface area contributed by atoms with Crippen LogP contribution in [-0.2, 0) is 14.8 Å². The molecule has 0 unspecified atom stereocenters. The second-order valence-corrected chi connectivity index (χ2v) is 9.39. The highest BCUT2D eigenvalue weighted by Gasteiger charge is 2.29. The van der Waals surface area contributed by atoms with Crippen LogP contribution in [0.4, 0.5) is 10.1 Å². The first kappa shape index (κ1) is 22.3. The Labute approximate surface area is 181 Å². The number of benzene rings is 2. The molecule has 0 aliphatic heterocycles. The molecule has 11 heteroatoms. The van der Waals surface area contributed by atoms with E-state index >= 15 is 0 Å². The molecule has 0 spiro atoms. The second-order valence-electron chi connectivity index (χ2n) is 6.83. The predicted octanol–water partition coefficient (Wildman–Crippen LogP) is 3.05. The monoisotopic (exact) mass is 502 g/mol. The van der Waals surface area contributed by atoms with Crippen LogP contribution in [0.3, 0.4) is 0 Å². The van der Waals surface area contributed by atoms with Crippen molar-refractivity contribution in [1.82, 2.24) is 5.32 Å². The minimum absolute atomic E-state index is 0.0992. The van der Waals surface area contributed by atoms with E-state index in [1.165, 1.54) is 19.2 Å². The van der Waals surface area contributed by atoms with E-state index in [0.717, 1.165) is 25.0 Å². The van der Waals surface area contributed by atoms with Gasteiger partial charge in [-0.2, -0.15) is 0 Å². The molecule has 1 amide bonds. The number of anilines is 1. The lowest BCUT2D eigenvalue weighted by molar-refractivity contribution is 0.0934. The van der Waals surface area contributed by atoms with E-state index in [4.69, 9.17) is 4.74 Å². The van der Waals surface area contributed by atoms with E-state index < -0.39 is 38.1 Å². The molecule has 1 saturated carbocycles. The number of rotatable bonds is 8. The van der Waals surface area contributed by atoms with Gasteiger partial charge in [0, 0.05) is 18.1 Å². The topological polar surface area (TPSA) is 125 Å². The fraction of sp³-hybridized carbons (Fsp3) is 0.316. The zero-order chi connectivity index (χ0) is 22.1. The number of amides is 1. The summed E-state index contributed by atoms with van der Waals surface area (Å²) in [5, 5.41) is 23.0. The van der Waals surface area contributed by atoms with Crippen molar-refractivity contribution in [3.8, 4) is 11.5 Å². The fourth-order valence-corrected chi connectivity index (χ4v) is 4.64. The molecule has 30 heavy (non-hydrogen) atoms. The molecule has 0 saturated heterocycles. The smallest absolute Gasteiger partial charge is 0.265 e. The van der Waals surface area contributed by atoms with Crippen molar-refractivity contribution in [2.45, 2.75) is 23.7 Å². The fourth-order valence-electron chi connectivity index (χ4n) is 2.87. The zero-order valence-corrected chi connectivity index (χ0v) is 18.3. The lowest BCUT2D eigenvalue weighted by Crippen LogP contribution is -2.27. The van der Waals surface area contributed by atoms with Crippen molar-refractivity contribution in [1.29, 1.82) is 0 Å². The summed E-state index contributed by atoms with van der Waals surface area (Å²) in [5.41, 5.74) is 0.348. The first-order valence-corrected chi connectivity index (χ1v) is 11.3. The minimum Gasteiger partial charge on any atom is -0.505 e. The molecule has 1 aliphatic carbocycles. The summed E-state index contributed by atoms with van der Waals surface area (Å²) in [6.45, 7) is 0.469. The van der Waals surface area contributed by atoms with Crippen LogP contribution in [0.2, 0.25) is 0 Å². The number of nitrogens with one attached hydrogen (secondary N) is 2. The van der Waals surface area contributed by atoms with E-state index in [-0.39, 0.29) is 34.8 Å². The maximum Gasteiger partial charge on any atom is 0.265 e. The van der Waals surface area contributed by atoms with Crippen molar-refractivity contribution >= 4 is 37.5 Å². The number of carbonyl (C=O) groups excluding carboxylic acids is 1. The molecule has 162 valence electrons. The molecule has 0 heterocycles. The van der Waals surface area contributed by atoms with Crippen LogP contribution in [0.5, 0.6) is 11.5 Å². The summed E-state index contributed by atoms with van der Waals surface area (Å²) in [4.78, 5) is 11.8. The number of sulfonamides is 1. The number of ether oxygens (including phenoxy) is 1. The molecule has 3 rings (SSSR count). The van der Waals surface area contributed by atoms with Crippen LogP contribution in [-0.4, -0.2) is 44.8 Å². The van der Waals surface area contributed by atoms with Crippen LogP contribution >= 0.6 is 15.9 Å². The maximum atomic E-state index is 13.8. The van der Waals surface area contributed by atoms with Crippen LogP contribution in [0.25, 0.3) is 0 Å².